The van der Waals surface area contributed by atoms with Crippen molar-refractivity contribution >= 4 is 18.7 Å². The lowest BCUT2D eigenvalue weighted by atomic mass is 10.2. The summed E-state index contributed by atoms with van der Waals surface area (Å²) in [5.41, 5.74) is -0.123. The predicted octanol–water partition coefficient (Wildman–Crippen LogP) is 2.08. The topological polar surface area (TPSA) is 35.5 Å². The van der Waals surface area contributed by atoms with E-state index in [1.165, 1.54) is 20.3 Å². The maximum atomic E-state index is 13.0. The number of halogens is 2. The molecular weight excluding hydrogens is 211 g/mol. The first kappa shape index (κ1) is 12.7. The Balaban J connectivity index is 0.00000169. The number of benzene rings is 1. The van der Waals surface area contributed by atoms with Gasteiger partial charge < -0.3 is 9.47 Å². The molecule has 0 bridgehead atoms. The van der Waals surface area contributed by atoms with Gasteiger partial charge in [0.15, 0.2) is 17.8 Å². The van der Waals surface area contributed by atoms with E-state index in [4.69, 9.17) is 9.47 Å². The lowest BCUT2D eigenvalue weighted by Crippen LogP contribution is -1.97. The minimum atomic E-state index is -0.618. The molecular formula is C9H10ClFO3. The van der Waals surface area contributed by atoms with Crippen LogP contribution in [0, 0.1) is 5.82 Å². The lowest BCUT2D eigenvalue weighted by Gasteiger charge is -2.09. The van der Waals surface area contributed by atoms with Crippen LogP contribution in [-0.4, -0.2) is 20.5 Å². The molecule has 0 saturated heterocycles. The van der Waals surface area contributed by atoms with E-state index >= 15 is 0 Å². The molecule has 0 aliphatic rings. The molecule has 1 aromatic rings. The molecule has 0 unspecified atom stereocenters. The Bertz CT molecular complexity index is 328. The summed E-state index contributed by atoms with van der Waals surface area (Å²) in [5.74, 6) is -0.156. The second kappa shape index (κ2) is 5.44. The Morgan fingerprint density at radius 2 is 1.93 bits per heavy atom. The minimum absolute atomic E-state index is 0. The summed E-state index contributed by atoms with van der Waals surface area (Å²) in [4.78, 5) is 10.5. The first-order chi connectivity index (χ1) is 6.24. The number of methoxy groups -OCH3 is 2. The van der Waals surface area contributed by atoms with E-state index in [1.807, 2.05) is 0 Å². The van der Waals surface area contributed by atoms with Crippen LogP contribution in [0.1, 0.15) is 10.4 Å². The van der Waals surface area contributed by atoms with Gasteiger partial charge in [-0.2, -0.15) is 0 Å². The molecule has 78 valence electrons. The summed E-state index contributed by atoms with van der Waals surface area (Å²) in [5, 5.41) is 0. The van der Waals surface area contributed by atoms with Crippen molar-refractivity contribution in [2.24, 2.45) is 0 Å². The number of carbonyl (C=O) groups excluding carboxylic acids is 1. The molecule has 14 heavy (non-hydrogen) atoms. The third kappa shape index (κ3) is 2.14. The van der Waals surface area contributed by atoms with Gasteiger partial charge in [0.1, 0.15) is 5.82 Å². The number of hydrogen-bond donors (Lipinski definition) is 0. The Morgan fingerprint density at radius 1 is 1.29 bits per heavy atom. The van der Waals surface area contributed by atoms with Crippen molar-refractivity contribution in [1.29, 1.82) is 0 Å². The molecule has 0 saturated carbocycles. The van der Waals surface area contributed by atoms with Crippen LogP contribution in [-0.2, 0) is 0 Å². The van der Waals surface area contributed by atoms with Gasteiger partial charge in [-0.1, -0.05) is 0 Å². The molecule has 1 rings (SSSR count). The van der Waals surface area contributed by atoms with Crippen LogP contribution in [0.2, 0.25) is 0 Å². The van der Waals surface area contributed by atoms with Gasteiger partial charge in [0, 0.05) is 0 Å². The number of ether oxygens (including phenoxy) is 2. The molecule has 3 nitrogen and oxygen atoms in total. The number of carbonyl (C=O) groups is 1. The standard InChI is InChI=1S/C9H9FO3.ClH/c1-12-8-4-3-7(10)6(5-11)9(8)13-2;/h3-5H,1-2H3;1H. The smallest absolute Gasteiger partial charge is 0.174 e. The molecule has 0 aliphatic heterocycles. The molecule has 0 radical (unpaired) electrons. The summed E-state index contributed by atoms with van der Waals surface area (Å²) < 4.78 is 22.7. The molecule has 0 amide bonds. The zero-order chi connectivity index (χ0) is 9.84. The monoisotopic (exact) mass is 220 g/mol. The van der Waals surface area contributed by atoms with Crippen LogP contribution in [0.5, 0.6) is 11.5 Å². The van der Waals surface area contributed by atoms with Crippen molar-refractivity contribution in [3.05, 3.63) is 23.5 Å². The van der Waals surface area contributed by atoms with E-state index in [0.717, 1.165) is 6.07 Å². The quantitative estimate of drug-likeness (QED) is 0.732. The van der Waals surface area contributed by atoms with Crippen molar-refractivity contribution in [3.8, 4) is 11.5 Å². The van der Waals surface area contributed by atoms with Gasteiger partial charge in [-0.05, 0) is 12.1 Å². The molecule has 0 heterocycles. The Kier molecular flexibility index (Phi) is 4.94. The van der Waals surface area contributed by atoms with Gasteiger partial charge in [0.05, 0.1) is 19.8 Å². The Morgan fingerprint density at radius 3 is 2.36 bits per heavy atom. The SMILES string of the molecule is COc1ccc(F)c(C=O)c1OC.Cl. The highest BCUT2D eigenvalue weighted by molar-refractivity contribution is 5.85. The Hall–Kier alpha value is -1.29. The van der Waals surface area contributed by atoms with Crippen LogP contribution in [0.3, 0.4) is 0 Å². The van der Waals surface area contributed by atoms with Crippen molar-refractivity contribution in [3.63, 3.8) is 0 Å². The normalized spacial score (nSPS) is 8.79. The van der Waals surface area contributed by atoms with Crippen molar-refractivity contribution in [2.45, 2.75) is 0 Å². The van der Waals surface area contributed by atoms with Crippen molar-refractivity contribution in [1.82, 2.24) is 0 Å². The van der Waals surface area contributed by atoms with Crippen LogP contribution < -0.4 is 9.47 Å². The van der Waals surface area contributed by atoms with Gasteiger partial charge in [0.25, 0.3) is 0 Å². The van der Waals surface area contributed by atoms with Crippen LogP contribution in [0.15, 0.2) is 12.1 Å². The van der Waals surface area contributed by atoms with Crippen molar-refractivity contribution in [2.75, 3.05) is 14.2 Å². The number of hydrogen-bond acceptors (Lipinski definition) is 3. The molecule has 1 aromatic carbocycles. The molecule has 0 spiro atoms. The highest BCUT2D eigenvalue weighted by atomic mass is 35.5. The largest absolute Gasteiger partial charge is 0.493 e. The van der Waals surface area contributed by atoms with E-state index in [0.29, 0.717) is 12.0 Å². The minimum Gasteiger partial charge on any atom is -0.493 e. The van der Waals surface area contributed by atoms with Gasteiger partial charge in [-0.15, -0.1) is 12.4 Å². The Labute approximate surface area is 87.2 Å². The van der Waals surface area contributed by atoms with Crippen molar-refractivity contribution < 1.29 is 18.7 Å². The fourth-order valence-electron chi connectivity index (χ4n) is 1.04. The first-order valence-electron chi connectivity index (χ1n) is 3.60. The highest BCUT2D eigenvalue weighted by Crippen LogP contribution is 2.31. The molecule has 5 heteroatoms. The average molecular weight is 221 g/mol. The predicted molar refractivity (Wildman–Crippen MR) is 52.1 cm³/mol. The maximum absolute atomic E-state index is 13.0. The van der Waals surface area contributed by atoms with E-state index in [1.54, 1.807) is 0 Å². The maximum Gasteiger partial charge on any atom is 0.174 e. The van der Waals surface area contributed by atoms with Gasteiger partial charge in [-0.25, -0.2) is 4.39 Å². The van der Waals surface area contributed by atoms with E-state index in [2.05, 4.69) is 0 Å². The van der Waals surface area contributed by atoms with E-state index in [-0.39, 0.29) is 23.7 Å². The summed E-state index contributed by atoms with van der Waals surface area (Å²) >= 11 is 0. The summed E-state index contributed by atoms with van der Waals surface area (Å²) in [6, 6.07) is 2.56. The highest BCUT2D eigenvalue weighted by Gasteiger charge is 2.13. The molecule has 0 fully saturated rings. The third-order valence-electron chi connectivity index (χ3n) is 1.65. The zero-order valence-electron chi connectivity index (χ0n) is 7.74. The third-order valence-corrected chi connectivity index (χ3v) is 1.65. The zero-order valence-corrected chi connectivity index (χ0v) is 8.56. The second-order valence-electron chi connectivity index (χ2n) is 2.31. The molecule has 0 aromatic heterocycles. The number of aldehydes is 1. The van der Waals surface area contributed by atoms with E-state index < -0.39 is 5.82 Å². The van der Waals surface area contributed by atoms with Crippen LogP contribution in [0.25, 0.3) is 0 Å². The summed E-state index contributed by atoms with van der Waals surface area (Å²) in [7, 11) is 2.77. The summed E-state index contributed by atoms with van der Waals surface area (Å²) in [6.07, 6.45) is 0.399. The first-order valence-corrected chi connectivity index (χ1v) is 3.60. The fourth-order valence-corrected chi connectivity index (χ4v) is 1.04. The summed E-state index contributed by atoms with van der Waals surface area (Å²) in [6.45, 7) is 0. The molecule has 0 aliphatic carbocycles. The van der Waals surface area contributed by atoms with Gasteiger partial charge in [0.2, 0.25) is 0 Å². The van der Waals surface area contributed by atoms with Crippen LogP contribution >= 0.6 is 12.4 Å². The number of rotatable bonds is 3. The van der Waals surface area contributed by atoms with Gasteiger partial charge in [-0.3, -0.25) is 4.79 Å². The molecule has 0 atom stereocenters. The average Bonchev–Trinajstić information content (AvgIpc) is 2.17. The molecule has 0 N–H and O–H groups in total. The lowest BCUT2D eigenvalue weighted by molar-refractivity contribution is 0.111. The second-order valence-corrected chi connectivity index (χ2v) is 2.31. The van der Waals surface area contributed by atoms with Crippen LogP contribution in [0.4, 0.5) is 4.39 Å². The van der Waals surface area contributed by atoms with Gasteiger partial charge >= 0.3 is 0 Å². The fraction of sp³-hybridized carbons (Fsp3) is 0.222. The van der Waals surface area contributed by atoms with E-state index in [9.17, 15) is 9.18 Å².